The number of esters is 1. The van der Waals surface area contributed by atoms with Crippen LogP contribution >= 0.6 is 11.3 Å². The van der Waals surface area contributed by atoms with Gasteiger partial charge in [0.1, 0.15) is 16.5 Å². The number of hydrogen-bond acceptors (Lipinski definition) is 4. The van der Waals surface area contributed by atoms with Crippen LogP contribution in [-0.4, -0.2) is 11.0 Å². The molecule has 0 unspecified atom stereocenters. The van der Waals surface area contributed by atoms with E-state index < -0.39 is 5.97 Å². The Hall–Kier alpha value is -2.53. The molecule has 0 aliphatic heterocycles. The van der Waals surface area contributed by atoms with Gasteiger partial charge in [-0.15, -0.1) is 0 Å². The quantitative estimate of drug-likeness (QED) is 0.666. The van der Waals surface area contributed by atoms with Gasteiger partial charge in [0.05, 0.1) is 0 Å². The summed E-state index contributed by atoms with van der Waals surface area (Å²) in [6.07, 6.45) is 0. The Balaban J connectivity index is 2.08. The number of hydrogen-bond donors (Lipinski definition) is 0. The molecule has 110 valence electrons. The Bertz CT molecular complexity index is 797. The zero-order valence-electron chi connectivity index (χ0n) is 11.7. The minimum Gasteiger partial charge on any atom is -0.413 e. The van der Waals surface area contributed by atoms with Crippen molar-refractivity contribution in [3.63, 3.8) is 0 Å². The van der Waals surface area contributed by atoms with Crippen molar-refractivity contribution in [2.75, 3.05) is 0 Å². The first-order valence-electron chi connectivity index (χ1n) is 6.64. The molecular weight excluding hydrogens is 301 g/mol. The lowest BCUT2D eigenvalue weighted by Gasteiger charge is -2.00. The van der Waals surface area contributed by atoms with E-state index in [-0.39, 0.29) is 5.82 Å². The summed E-state index contributed by atoms with van der Waals surface area (Å²) in [6.45, 7) is 1.35. The second kappa shape index (κ2) is 6.07. The Kier molecular flexibility index (Phi) is 3.98. The van der Waals surface area contributed by atoms with Crippen molar-refractivity contribution >= 4 is 17.3 Å². The summed E-state index contributed by atoms with van der Waals surface area (Å²) in [5, 5.41) is 1.12. The first-order valence-corrected chi connectivity index (χ1v) is 7.46. The summed E-state index contributed by atoms with van der Waals surface area (Å²) in [6, 6.07) is 15.6. The Morgan fingerprint density at radius 3 is 2.36 bits per heavy atom. The van der Waals surface area contributed by atoms with Crippen LogP contribution in [0.15, 0.2) is 54.6 Å². The standard InChI is InChI=1S/C17H12FNO2S/c1-11(20)21-17-15(12-5-3-2-4-6-12)19-16(22-17)13-7-9-14(18)10-8-13/h2-10H,1H3. The smallest absolute Gasteiger partial charge is 0.308 e. The van der Waals surface area contributed by atoms with Gasteiger partial charge in [0.25, 0.3) is 0 Å². The van der Waals surface area contributed by atoms with Crippen molar-refractivity contribution in [2.24, 2.45) is 0 Å². The summed E-state index contributed by atoms with van der Waals surface area (Å²) >= 11 is 1.27. The van der Waals surface area contributed by atoms with E-state index in [0.29, 0.717) is 15.8 Å². The van der Waals surface area contributed by atoms with Crippen LogP contribution in [0.3, 0.4) is 0 Å². The minimum absolute atomic E-state index is 0.302. The fourth-order valence-electron chi connectivity index (χ4n) is 2.00. The van der Waals surface area contributed by atoms with Gasteiger partial charge in [0, 0.05) is 18.1 Å². The topological polar surface area (TPSA) is 39.2 Å². The largest absolute Gasteiger partial charge is 0.413 e. The lowest BCUT2D eigenvalue weighted by atomic mass is 10.2. The number of nitrogens with zero attached hydrogens (tertiary/aromatic N) is 1. The van der Waals surface area contributed by atoms with Crippen LogP contribution in [0.5, 0.6) is 5.06 Å². The molecule has 3 nitrogen and oxygen atoms in total. The third-order valence-electron chi connectivity index (χ3n) is 2.97. The summed E-state index contributed by atoms with van der Waals surface area (Å²) in [7, 11) is 0. The van der Waals surface area contributed by atoms with Crippen molar-refractivity contribution in [1.29, 1.82) is 0 Å². The van der Waals surface area contributed by atoms with Gasteiger partial charge >= 0.3 is 5.97 Å². The number of carbonyl (C=O) groups is 1. The molecule has 0 radical (unpaired) electrons. The molecule has 0 spiro atoms. The van der Waals surface area contributed by atoms with Gasteiger partial charge in [0.2, 0.25) is 5.06 Å². The van der Waals surface area contributed by atoms with Crippen LogP contribution in [0.4, 0.5) is 4.39 Å². The first kappa shape index (κ1) is 14.4. The number of carbonyl (C=O) groups excluding carboxylic acids is 1. The average molecular weight is 313 g/mol. The molecule has 0 fully saturated rings. The lowest BCUT2D eigenvalue weighted by molar-refractivity contribution is -0.131. The normalized spacial score (nSPS) is 10.5. The molecule has 0 aliphatic carbocycles. The zero-order chi connectivity index (χ0) is 15.5. The molecule has 0 aliphatic rings. The molecule has 5 heteroatoms. The monoisotopic (exact) mass is 313 g/mol. The lowest BCUT2D eigenvalue weighted by Crippen LogP contribution is -2.00. The Morgan fingerprint density at radius 2 is 1.73 bits per heavy atom. The van der Waals surface area contributed by atoms with E-state index in [1.165, 1.54) is 30.4 Å². The third-order valence-corrected chi connectivity index (χ3v) is 3.95. The van der Waals surface area contributed by atoms with E-state index in [0.717, 1.165) is 11.1 Å². The van der Waals surface area contributed by atoms with E-state index in [2.05, 4.69) is 4.98 Å². The molecule has 0 atom stereocenters. The molecule has 1 heterocycles. The molecular formula is C17H12FNO2S. The van der Waals surface area contributed by atoms with Crippen LogP contribution in [0, 0.1) is 5.82 Å². The third kappa shape index (κ3) is 3.04. The van der Waals surface area contributed by atoms with Crippen molar-refractivity contribution in [2.45, 2.75) is 6.92 Å². The van der Waals surface area contributed by atoms with Crippen LogP contribution in [0.25, 0.3) is 21.8 Å². The highest BCUT2D eigenvalue weighted by Gasteiger charge is 2.17. The van der Waals surface area contributed by atoms with E-state index in [4.69, 9.17) is 4.74 Å². The predicted octanol–water partition coefficient (Wildman–Crippen LogP) is 4.54. The SMILES string of the molecule is CC(=O)Oc1sc(-c2ccc(F)cc2)nc1-c1ccccc1. The van der Waals surface area contributed by atoms with Gasteiger partial charge in [-0.2, -0.15) is 0 Å². The van der Waals surface area contributed by atoms with Crippen molar-refractivity contribution in [1.82, 2.24) is 4.98 Å². The number of thiazole rings is 1. The van der Waals surface area contributed by atoms with Gasteiger partial charge in [-0.25, -0.2) is 9.37 Å². The maximum absolute atomic E-state index is 13.0. The Labute approximate surface area is 131 Å². The number of rotatable bonds is 3. The number of benzene rings is 2. The van der Waals surface area contributed by atoms with Crippen LogP contribution in [-0.2, 0) is 4.79 Å². The maximum Gasteiger partial charge on any atom is 0.308 e. The molecule has 0 amide bonds. The van der Waals surface area contributed by atoms with Gasteiger partial charge < -0.3 is 4.74 Å². The summed E-state index contributed by atoms with van der Waals surface area (Å²) in [5.74, 6) is -0.699. The van der Waals surface area contributed by atoms with Gasteiger partial charge in [-0.05, 0) is 24.3 Å². The highest BCUT2D eigenvalue weighted by molar-refractivity contribution is 7.17. The molecule has 1 aromatic heterocycles. The number of halogens is 1. The van der Waals surface area contributed by atoms with Crippen LogP contribution in [0.1, 0.15) is 6.92 Å². The van der Waals surface area contributed by atoms with Gasteiger partial charge in [0.15, 0.2) is 0 Å². The maximum atomic E-state index is 13.0. The van der Waals surface area contributed by atoms with Crippen molar-refractivity contribution < 1.29 is 13.9 Å². The molecule has 0 saturated carbocycles. The minimum atomic E-state index is -0.397. The fraction of sp³-hybridized carbons (Fsp3) is 0.0588. The molecule has 0 bridgehead atoms. The van der Waals surface area contributed by atoms with Crippen molar-refractivity contribution in [3.8, 4) is 26.9 Å². The molecule has 3 aromatic rings. The fourth-order valence-corrected chi connectivity index (χ4v) is 2.99. The zero-order valence-corrected chi connectivity index (χ0v) is 12.6. The summed E-state index contributed by atoms with van der Waals surface area (Å²) in [5.41, 5.74) is 2.26. The van der Waals surface area contributed by atoms with E-state index >= 15 is 0 Å². The predicted molar refractivity (Wildman–Crippen MR) is 84.3 cm³/mol. The number of ether oxygens (including phenoxy) is 1. The van der Waals surface area contributed by atoms with Gasteiger partial charge in [-0.3, -0.25) is 4.79 Å². The van der Waals surface area contributed by atoms with Gasteiger partial charge in [-0.1, -0.05) is 41.7 Å². The molecule has 0 saturated heterocycles. The second-order valence-electron chi connectivity index (χ2n) is 4.62. The molecule has 3 rings (SSSR count). The van der Waals surface area contributed by atoms with Crippen LogP contribution in [0.2, 0.25) is 0 Å². The molecule has 0 N–H and O–H groups in total. The Morgan fingerprint density at radius 1 is 1.05 bits per heavy atom. The average Bonchev–Trinajstić information content (AvgIpc) is 2.92. The van der Waals surface area contributed by atoms with E-state index in [1.807, 2.05) is 30.3 Å². The van der Waals surface area contributed by atoms with E-state index in [9.17, 15) is 9.18 Å². The first-order chi connectivity index (χ1) is 10.6. The molecule has 2 aromatic carbocycles. The summed E-state index contributed by atoms with van der Waals surface area (Å²) < 4.78 is 18.3. The molecule has 22 heavy (non-hydrogen) atoms. The highest BCUT2D eigenvalue weighted by Crippen LogP contribution is 2.39. The van der Waals surface area contributed by atoms with Crippen molar-refractivity contribution in [3.05, 3.63) is 60.4 Å². The van der Waals surface area contributed by atoms with Crippen LogP contribution < -0.4 is 4.74 Å². The highest BCUT2D eigenvalue weighted by atomic mass is 32.1. The van der Waals surface area contributed by atoms with E-state index in [1.54, 1.807) is 12.1 Å². The second-order valence-corrected chi connectivity index (χ2v) is 5.58. The summed E-state index contributed by atoms with van der Waals surface area (Å²) in [4.78, 5) is 15.8. The number of aromatic nitrogens is 1.